The summed E-state index contributed by atoms with van der Waals surface area (Å²) in [5.41, 5.74) is 2.57. The molecule has 2 aromatic carbocycles. The van der Waals surface area contributed by atoms with Gasteiger partial charge in [0.15, 0.2) is 6.04 Å². The van der Waals surface area contributed by atoms with Crippen LogP contribution in [0.3, 0.4) is 0 Å². The zero-order valence-corrected chi connectivity index (χ0v) is 20.1. The molecule has 1 heterocycles. The quantitative estimate of drug-likeness (QED) is 0.348. The van der Waals surface area contributed by atoms with Gasteiger partial charge >= 0.3 is 6.18 Å². The minimum absolute atomic E-state index is 0.0422. The molecule has 1 aliphatic rings. The number of hydrazine groups is 1. The molecule has 0 unspecified atom stereocenters. The lowest BCUT2D eigenvalue weighted by Crippen LogP contribution is -2.51. The van der Waals surface area contributed by atoms with Crippen LogP contribution in [0.25, 0.3) is 10.8 Å². The molecule has 0 spiro atoms. The average Bonchev–Trinajstić information content (AvgIpc) is 3.01. The van der Waals surface area contributed by atoms with E-state index in [1.807, 2.05) is 24.3 Å². The molecule has 33 heavy (non-hydrogen) atoms. The van der Waals surface area contributed by atoms with Gasteiger partial charge in [0.2, 0.25) is 5.91 Å². The molecule has 6 heteroatoms. The first-order valence-electron chi connectivity index (χ1n) is 12.3. The van der Waals surface area contributed by atoms with Crippen molar-refractivity contribution < 1.29 is 18.0 Å². The van der Waals surface area contributed by atoms with Crippen LogP contribution in [0, 0.1) is 0 Å². The Morgan fingerprint density at radius 3 is 2.21 bits per heavy atom. The second-order valence-electron chi connectivity index (χ2n) is 9.92. The predicted octanol–water partition coefficient (Wildman–Crippen LogP) is 7.64. The summed E-state index contributed by atoms with van der Waals surface area (Å²) in [6, 6.07) is 9.15. The second-order valence-corrected chi connectivity index (χ2v) is 9.92. The van der Waals surface area contributed by atoms with Gasteiger partial charge in [0, 0.05) is 12.0 Å². The van der Waals surface area contributed by atoms with Crippen molar-refractivity contribution in [2.45, 2.75) is 103 Å². The minimum Gasteiger partial charge on any atom is -0.287 e. The summed E-state index contributed by atoms with van der Waals surface area (Å²) in [5, 5.41) is 2.94. The molecule has 0 radical (unpaired) electrons. The molecule has 1 N–H and O–H groups in total. The van der Waals surface area contributed by atoms with E-state index in [9.17, 15) is 18.0 Å². The molecule has 0 saturated carbocycles. The molecule has 182 valence electrons. The molecule has 3 nitrogen and oxygen atoms in total. The molecule has 0 bridgehead atoms. The fourth-order valence-corrected chi connectivity index (χ4v) is 5.00. The maximum atomic E-state index is 14.5. The summed E-state index contributed by atoms with van der Waals surface area (Å²) in [6.07, 6.45) is 5.25. The molecule has 2 aromatic rings. The van der Waals surface area contributed by atoms with Crippen molar-refractivity contribution in [3.05, 3.63) is 47.5 Å². The number of amides is 1. The zero-order chi connectivity index (χ0) is 24.1. The number of alkyl halides is 3. The van der Waals surface area contributed by atoms with Gasteiger partial charge in [-0.3, -0.25) is 10.2 Å². The largest absolute Gasteiger partial charge is 0.409 e. The third-order valence-corrected chi connectivity index (χ3v) is 6.71. The van der Waals surface area contributed by atoms with Crippen molar-refractivity contribution in [1.29, 1.82) is 0 Å². The van der Waals surface area contributed by atoms with Crippen molar-refractivity contribution in [2.75, 3.05) is 0 Å². The van der Waals surface area contributed by atoms with E-state index >= 15 is 0 Å². The Morgan fingerprint density at radius 2 is 1.61 bits per heavy atom. The van der Waals surface area contributed by atoms with Crippen LogP contribution in [0.4, 0.5) is 13.2 Å². The normalized spacial score (nSPS) is 17.5. The number of hydrogen-bond donors (Lipinski definition) is 1. The summed E-state index contributed by atoms with van der Waals surface area (Å²) in [5.74, 6) is -0.375. The smallest absolute Gasteiger partial charge is 0.287 e. The molecule has 0 aromatic heterocycles. The number of nitrogens with zero attached hydrogens (tertiary/aromatic N) is 1. The first-order chi connectivity index (χ1) is 15.6. The summed E-state index contributed by atoms with van der Waals surface area (Å²) in [4.78, 5) is 12.0. The Hall–Kier alpha value is -2.08. The number of halogens is 3. The second kappa shape index (κ2) is 10.9. The third kappa shape index (κ3) is 6.28. The first-order valence-corrected chi connectivity index (χ1v) is 12.3. The summed E-state index contributed by atoms with van der Waals surface area (Å²) < 4.78 is 43.5. The number of fused-ring (bicyclic) bond motifs is 1. The predicted molar refractivity (Wildman–Crippen MR) is 128 cm³/mol. The summed E-state index contributed by atoms with van der Waals surface area (Å²) in [6.45, 7) is 5.57. The minimum atomic E-state index is -4.52. The Bertz CT molecular complexity index is 939. The van der Waals surface area contributed by atoms with Crippen LogP contribution in [0.1, 0.15) is 95.7 Å². The number of unbranched alkanes of at least 4 members (excludes halogenated alkanes) is 7. The summed E-state index contributed by atoms with van der Waals surface area (Å²) >= 11 is 0. The van der Waals surface area contributed by atoms with E-state index in [4.69, 9.17) is 0 Å². The summed E-state index contributed by atoms with van der Waals surface area (Å²) in [7, 11) is 0. The van der Waals surface area contributed by atoms with Gasteiger partial charge < -0.3 is 0 Å². The van der Waals surface area contributed by atoms with Crippen molar-refractivity contribution in [2.24, 2.45) is 0 Å². The topological polar surface area (TPSA) is 32.3 Å². The van der Waals surface area contributed by atoms with E-state index in [2.05, 4.69) is 12.3 Å². The number of nitrogens with one attached hydrogen (secondary N) is 1. The molecule has 3 rings (SSSR count). The number of hydrogen-bond acceptors (Lipinski definition) is 2. The number of aryl methyl sites for hydroxylation is 1. The molecule has 1 saturated heterocycles. The monoisotopic (exact) mass is 462 g/mol. The Balaban J connectivity index is 1.88. The highest BCUT2D eigenvalue weighted by atomic mass is 19.4. The standard InChI is InChI=1S/C27H37F3N2O/c1-4-5-6-7-8-9-10-11-16-22-21-15-13-12-14-20(21)17-18-23(22)25(27(28,29)30)32-26(2,3)19-24(33)31-32/h12-15,17-18,25H,4-11,16,19H2,1-3H3,(H,31,33)/t25-/m0/s1. The number of carbonyl (C=O) groups excluding carboxylic acids is 1. The van der Waals surface area contributed by atoms with Gasteiger partial charge in [0.05, 0.1) is 0 Å². The molecular weight excluding hydrogens is 425 g/mol. The Labute approximate surface area is 195 Å². The molecule has 0 aliphatic carbocycles. The molecule has 1 amide bonds. The van der Waals surface area contributed by atoms with Gasteiger partial charge in [-0.05, 0) is 48.6 Å². The number of rotatable bonds is 11. The molecular formula is C27H37F3N2O. The van der Waals surface area contributed by atoms with Gasteiger partial charge in [0.25, 0.3) is 0 Å². The van der Waals surface area contributed by atoms with Gasteiger partial charge in [-0.15, -0.1) is 0 Å². The Morgan fingerprint density at radius 1 is 0.970 bits per heavy atom. The fourth-order valence-electron chi connectivity index (χ4n) is 5.00. The van der Waals surface area contributed by atoms with Crippen molar-refractivity contribution in [3.8, 4) is 0 Å². The fraction of sp³-hybridized carbons (Fsp3) is 0.593. The maximum Gasteiger partial charge on any atom is 0.409 e. The van der Waals surface area contributed by atoms with Gasteiger partial charge in [0.1, 0.15) is 0 Å². The van der Waals surface area contributed by atoms with E-state index < -0.39 is 17.8 Å². The average molecular weight is 463 g/mol. The number of carbonyl (C=O) groups is 1. The van der Waals surface area contributed by atoms with Gasteiger partial charge in [-0.25, -0.2) is 0 Å². The zero-order valence-electron chi connectivity index (χ0n) is 20.1. The van der Waals surface area contributed by atoms with Crippen molar-refractivity contribution in [3.63, 3.8) is 0 Å². The van der Waals surface area contributed by atoms with Crippen LogP contribution in [-0.2, 0) is 11.2 Å². The third-order valence-electron chi connectivity index (χ3n) is 6.71. The Kier molecular flexibility index (Phi) is 8.43. The lowest BCUT2D eigenvalue weighted by atomic mass is 9.88. The van der Waals surface area contributed by atoms with Gasteiger partial charge in [-0.2, -0.15) is 18.2 Å². The van der Waals surface area contributed by atoms with Crippen LogP contribution in [0.5, 0.6) is 0 Å². The lowest BCUT2D eigenvalue weighted by Gasteiger charge is -2.39. The first kappa shape index (κ1) is 25.5. The van der Waals surface area contributed by atoms with Gasteiger partial charge in [-0.1, -0.05) is 88.3 Å². The van der Waals surface area contributed by atoms with Crippen molar-refractivity contribution >= 4 is 16.7 Å². The van der Waals surface area contributed by atoms with Crippen LogP contribution >= 0.6 is 0 Å². The highest BCUT2D eigenvalue weighted by molar-refractivity contribution is 5.87. The maximum absolute atomic E-state index is 14.5. The van der Waals surface area contributed by atoms with Crippen LogP contribution in [0.15, 0.2) is 36.4 Å². The SMILES string of the molecule is CCCCCCCCCCc1c([C@H](N2NC(=O)CC2(C)C)C(F)(F)F)ccc2ccccc12. The van der Waals surface area contributed by atoms with E-state index in [0.29, 0.717) is 6.42 Å². The van der Waals surface area contributed by atoms with Crippen LogP contribution < -0.4 is 5.43 Å². The highest BCUT2D eigenvalue weighted by Crippen LogP contribution is 2.45. The number of benzene rings is 2. The van der Waals surface area contributed by atoms with Crippen LogP contribution in [0.2, 0.25) is 0 Å². The van der Waals surface area contributed by atoms with E-state index in [1.54, 1.807) is 26.0 Å². The lowest BCUT2D eigenvalue weighted by molar-refractivity contribution is -0.204. The molecule has 1 atom stereocenters. The van der Waals surface area contributed by atoms with E-state index in [-0.39, 0.29) is 17.9 Å². The highest BCUT2D eigenvalue weighted by Gasteiger charge is 2.53. The van der Waals surface area contributed by atoms with Crippen LogP contribution in [-0.4, -0.2) is 22.6 Å². The molecule has 1 fully saturated rings. The molecule has 1 aliphatic heterocycles. The van der Waals surface area contributed by atoms with E-state index in [1.165, 1.54) is 32.1 Å². The van der Waals surface area contributed by atoms with E-state index in [0.717, 1.165) is 40.6 Å². The van der Waals surface area contributed by atoms with Crippen molar-refractivity contribution in [1.82, 2.24) is 10.4 Å².